The summed E-state index contributed by atoms with van der Waals surface area (Å²) in [6, 6.07) is -5.17. The highest BCUT2D eigenvalue weighted by molar-refractivity contribution is 5.94. The van der Waals surface area contributed by atoms with Gasteiger partial charge in [-0.25, -0.2) is 4.98 Å². The van der Waals surface area contributed by atoms with Crippen LogP contribution >= 0.6 is 0 Å². The number of carbonyl (C=O) groups excluding carboxylic acids is 3. The highest BCUT2D eigenvalue weighted by Gasteiger charge is 2.29. The Morgan fingerprint density at radius 2 is 1.68 bits per heavy atom. The lowest BCUT2D eigenvalue weighted by atomic mass is 10.1. The number of aliphatic hydroxyl groups excluding tert-OH is 1. The Hall–Kier alpha value is -3.52. The van der Waals surface area contributed by atoms with E-state index in [9.17, 15) is 29.1 Å². The zero-order valence-electron chi connectivity index (χ0n) is 16.7. The van der Waals surface area contributed by atoms with Crippen molar-refractivity contribution in [1.29, 1.82) is 0 Å². The maximum atomic E-state index is 12.7. The molecule has 1 rings (SSSR count). The van der Waals surface area contributed by atoms with Crippen LogP contribution in [0.2, 0.25) is 0 Å². The van der Waals surface area contributed by atoms with Gasteiger partial charge in [-0.05, 0) is 13.3 Å². The Labute approximate surface area is 176 Å². The van der Waals surface area contributed by atoms with Crippen LogP contribution in [0.1, 0.15) is 25.5 Å². The van der Waals surface area contributed by atoms with E-state index < -0.39 is 60.4 Å². The molecule has 31 heavy (non-hydrogen) atoms. The number of amides is 3. The highest BCUT2D eigenvalue weighted by Crippen LogP contribution is 2.02. The van der Waals surface area contributed by atoms with Crippen LogP contribution in [0.4, 0.5) is 0 Å². The first-order valence-electron chi connectivity index (χ1n) is 9.24. The summed E-state index contributed by atoms with van der Waals surface area (Å²) in [4.78, 5) is 65.1. The summed E-state index contributed by atoms with van der Waals surface area (Å²) in [7, 11) is 0. The minimum atomic E-state index is -1.48. The fourth-order valence-corrected chi connectivity index (χ4v) is 2.36. The Morgan fingerprint density at radius 1 is 1.06 bits per heavy atom. The number of carbonyl (C=O) groups is 5. The smallest absolute Gasteiger partial charge is 0.325 e. The van der Waals surface area contributed by atoms with Crippen LogP contribution < -0.4 is 21.7 Å². The van der Waals surface area contributed by atoms with E-state index in [0.717, 1.165) is 0 Å². The van der Waals surface area contributed by atoms with Crippen LogP contribution in [0.3, 0.4) is 0 Å². The van der Waals surface area contributed by atoms with Crippen LogP contribution in [0, 0.1) is 0 Å². The molecule has 1 heterocycles. The molecule has 0 fully saturated rings. The molecular weight excluding hydrogens is 416 g/mol. The second-order valence-electron chi connectivity index (χ2n) is 6.69. The van der Waals surface area contributed by atoms with Gasteiger partial charge in [-0.1, -0.05) is 0 Å². The second-order valence-corrected chi connectivity index (χ2v) is 6.69. The maximum Gasteiger partial charge on any atom is 0.325 e. The topological polar surface area (TPSA) is 237 Å². The average Bonchev–Trinajstić information content (AvgIpc) is 3.22. The quantitative estimate of drug-likeness (QED) is 0.151. The van der Waals surface area contributed by atoms with E-state index in [1.807, 2.05) is 0 Å². The van der Waals surface area contributed by atoms with Crippen LogP contribution in [0.5, 0.6) is 0 Å². The zero-order valence-corrected chi connectivity index (χ0v) is 16.7. The molecule has 0 saturated carbocycles. The number of nitrogens with zero attached hydrogens (tertiary/aromatic N) is 1. The molecule has 0 aliphatic rings. The monoisotopic (exact) mass is 442 g/mol. The van der Waals surface area contributed by atoms with Gasteiger partial charge in [0.25, 0.3) is 0 Å². The lowest BCUT2D eigenvalue weighted by Gasteiger charge is -2.23. The maximum absolute atomic E-state index is 12.7. The molecule has 0 aliphatic heterocycles. The first kappa shape index (κ1) is 25.5. The van der Waals surface area contributed by atoms with Crippen molar-refractivity contribution in [3.63, 3.8) is 0 Å². The van der Waals surface area contributed by atoms with E-state index in [1.54, 1.807) is 0 Å². The van der Waals surface area contributed by atoms with Crippen LogP contribution in [-0.2, 0) is 30.4 Å². The predicted molar refractivity (Wildman–Crippen MR) is 103 cm³/mol. The lowest BCUT2D eigenvalue weighted by Crippen LogP contribution is -2.58. The van der Waals surface area contributed by atoms with Crippen molar-refractivity contribution in [2.75, 3.05) is 6.61 Å². The molecule has 0 aromatic carbocycles. The summed E-state index contributed by atoms with van der Waals surface area (Å²) in [6.07, 6.45) is 2.17. The van der Waals surface area contributed by atoms with Crippen LogP contribution in [0.25, 0.3) is 0 Å². The number of hydrogen-bond acceptors (Lipinski definition) is 8. The Bertz CT molecular complexity index is 784. The van der Waals surface area contributed by atoms with Crippen molar-refractivity contribution in [3.05, 3.63) is 18.2 Å². The number of H-pyrrole nitrogens is 1. The summed E-state index contributed by atoms with van der Waals surface area (Å²) in [5, 5.41) is 33.7. The van der Waals surface area contributed by atoms with Gasteiger partial charge in [0.2, 0.25) is 17.7 Å². The van der Waals surface area contributed by atoms with E-state index in [4.69, 9.17) is 15.9 Å². The minimum absolute atomic E-state index is 0.0749. The highest BCUT2D eigenvalue weighted by atomic mass is 16.4. The third-order valence-corrected chi connectivity index (χ3v) is 4.16. The third-order valence-electron chi connectivity index (χ3n) is 4.16. The molecule has 172 valence electrons. The fourth-order valence-electron chi connectivity index (χ4n) is 2.36. The van der Waals surface area contributed by atoms with Crippen molar-refractivity contribution in [2.24, 2.45) is 5.73 Å². The van der Waals surface area contributed by atoms with Gasteiger partial charge < -0.3 is 42.0 Å². The number of carboxylic acids is 2. The second kappa shape index (κ2) is 12.2. The molecule has 1 aromatic heterocycles. The molecule has 0 aliphatic carbocycles. The van der Waals surface area contributed by atoms with Crippen molar-refractivity contribution >= 4 is 29.7 Å². The Morgan fingerprint density at radius 3 is 2.19 bits per heavy atom. The normalized spacial score (nSPS) is 14.5. The summed E-state index contributed by atoms with van der Waals surface area (Å²) in [5.74, 6) is -5.02. The molecule has 3 amide bonds. The number of nitrogens with two attached hydrogens (primary N) is 1. The molecule has 9 N–H and O–H groups in total. The number of imidazole rings is 1. The SMILES string of the molecule is CC(NC(=O)C(CO)NC(=O)C(Cc1cnc[nH]1)NC(=O)C(N)CCC(=O)O)C(=O)O. The summed E-state index contributed by atoms with van der Waals surface area (Å²) >= 11 is 0. The van der Waals surface area contributed by atoms with Gasteiger partial charge in [0.1, 0.15) is 18.1 Å². The third kappa shape index (κ3) is 8.79. The number of aromatic nitrogens is 2. The van der Waals surface area contributed by atoms with E-state index in [1.165, 1.54) is 19.4 Å². The van der Waals surface area contributed by atoms with Gasteiger partial charge in [0, 0.05) is 24.7 Å². The van der Waals surface area contributed by atoms with E-state index >= 15 is 0 Å². The van der Waals surface area contributed by atoms with Crippen LogP contribution in [-0.4, -0.2) is 85.7 Å². The van der Waals surface area contributed by atoms with Gasteiger partial charge >= 0.3 is 11.9 Å². The molecule has 0 spiro atoms. The number of aliphatic carboxylic acids is 2. The standard InChI is InChI=1S/C17H26N6O8/c1-8(17(30)31)21-16(29)12(6-24)23-15(28)11(4-9-5-19-7-20-9)22-14(27)10(18)2-3-13(25)26/h5,7-8,10-12,24H,2-4,6,18H2,1H3,(H,19,20)(H,21,29)(H,22,27)(H,23,28)(H,25,26)(H,30,31). The number of hydrogen-bond donors (Lipinski definition) is 8. The van der Waals surface area contributed by atoms with Gasteiger partial charge in [0.05, 0.1) is 19.0 Å². The minimum Gasteiger partial charge on any atom is -0.481 e. The number of aromatic amines is 1. The van der Waals surface area contributed by atoms with Crippen LogP contribution in [0.15, 0.2) is 12.5 Å². The van der Waals surface area contributed by atoms with Gasteiger partial charge in [-0.2, -0.15) is 0 Å². The van der Waals surface area contributed by atoms with E-state index in [2.05, 4.69) is 25.9 Å². The fraction of sp³-hybridized carbons (Fsp3) is 0.529. The predicted octanol–water partition coefficient (Wildman–Crippen LogP) is -3.30. The van der Waals surface area contributed by atoms with Gasteiger partial charge in [-0.3, -0.25) is 24.0 Å². The number of nitrogens with one attached hydrogen (secondary N) is 4. The Kier molecular flexibility index (Phi) is 10.1. The molecule has 0 bridgehead atoms. The Balaban J connectivity index is 2.87. The summed E-state index contributed by atoms with van der Waals surface area (Å²) < 4.78 is 0. The molecule has 14 heteroatoms. The zero-order chi connectivity index (χ0) is 23.6. The largest absolute Gasteiger partial charge is 0.481 e. The first-order valence-corrected chi connectivity index (χ1v) is 9.24. The van der Waals surface area contributed by atoms with Crippen molar-refractivity contribution in [1.82, 2.24) is 25.9 Å². The van der Waals surface area contributed by atoms with Gasteiger partial charge in [0.15, 0.2) is 0 Å². The number of rotatable bonds is 13. The van der Waals surface area contributed by atoms with E-state index in [0.29, 0.717) is 5.69 Å². The average molecular weight is 442 g/mol. The molecule has 14 nitrogen and oxygen atoms in total. The van der Waals surface area contributed by atoms with E-state index in [-0.39, 0.29) is 19.3 Å². The summed E-state index contributed by atoms with van der Waals surface area (Å²) in [6.45, 7) is 0.378. The molecule has 4 unspecified atom stereocenters. The molecule has 0 radical (unpaired) electrons. The molecule has 1 aromatic rings. The summed E-state index contributed by atoms with van der Waals surface area (Å²) in [5.41, 5.74) is 6.12. The van der Waals surface area contributed by atoms with Crippen molar-refractivity contribution < 1.29 is 39.3 Å². The van der Waals surface area contributed by atoms with Crippen molar-refractivity contribution in [3.8, 4) is 0 Å². The molecule has 4 atom stereocenters. The van der Waals surface area contributed by atoms with Crippen molar-refractivity contribution in [2.45, 2.75) is 50.4 Å². The lowest BCUT2D eigenvalue weighted by molar-refractivity contribution is -0.142. The molecule has 0 saturated heterocycles. The van der Waals surface area contributed by atoms with Gasteiger partial charge in [-0.15, -0.1) is 0 Å². The number of aliphatic hydroxyl groups is 1. The first-order chi connectivity index (χ1) is 14.5. The number of carboxylic acid groups (broad SMARTS) is 2. The molecular formula is C17H26N6O8.